The Morgan fingerprint density at radius 2 is 1.24 bits per heavy atom. The molecule has 6 aromatic rings. The minimum Gasteiger partial charge on any atom is -0.314 e. The molecule has 0 aliphatic heterocycles. The first-order valence-electron chi connectivity index (χ1n) is 16.4. The van der Waals surface area contributed by atoms with Crippen molar-refractivity contribution in [2.75, 3.05) is 4.90 Å². The molecule has 3 aliphatic rings. The van der Waals surface area contributed by atoms with E-state index >= 15 is 0 Å². The fraction of sp³-hybridized carbons (Fsp3) is 0.111. The fourth-order valence-corrected chi connectivity index (χ4v) is 8.37. The number of aryl methyl sites for hydroxylation is 1. The van der Waals surface area contributed by atoms with Crippen LogP contribution in [0.3, 0.4) is 0 Å². The van der Waals surface area contributed by atoms with Crippen LogP contribution in [-0.4, -0.2) is 0 Å². The van der Waals surface area contributed by atoms with Gasteiger partial charge in [0.15, 0.2) is 0 Å². The van der Waals surface area contributed by atoms with E-state index in [1.54, 1.807) is 0 Å². The van der Waals surface area contributed by atoms with Gasteiger partial charge in [0.25, 0.3) is 0 Å². The van der Waals surface area contributed by atoms with Crippen molar-refractivity contribution in [2.24, 2.45) is 0 Å². The maximum atomic E-state index is 4.10. The monoisotopic (exact) mass is 589 g/mol. The first-order valence-corrected chi connectivity index (χ1v) is 16.4. The quantitative estimate of drug-likeness (QED) is 0.181. The van der Waals surface area contributed by atoms with E-state index in [9.17, 15) is 0 Å². The van der Waals surface area contributed by atoms with Crippen molar-refractivity contribution in [3.63, 3.8) is 0 Å². The average molecular weight is 590 g/mol. The zero-order valence-electron chi connectivity index (χ0n) is 26.4. The van der Waals surface area contributed by atoms with Crippen LogP contribution >= 0.6 is 0 Å². The summed E-state index contributed by atoms with van der Waals surface area (Å²) < 4.78 is 0. The van der Waals surface area contributed by atoms with Crippen LogP contribution < -0.4 is 4.90 Å². The van der Waals surface area contributed by atoms with Crippen molar-refractivity contribution >= 4 is 11.4 Å². The van der Waals surface area contributed by atoms with Gasteiger partial charge in [-0.3, -0.25) is 0 Å². The van der Waals surface area contributed by atoms with Crippen LogP contribution in [0.25, 0.3) is 44.5 Å². The zero-order chi connectivity index (χ0) is 30.9. The van der Waals surface area contributed by atoms with Crippen LogP contribution in [0, 0.1) is 6.92 Å². The lowest BCUT2D eigenvalue weighted by Crippen LogP contribution is -2.16. The molecule has 0 N–H and O–H groups in total. The minimum absolute atomic E-state index is 0.952. The third-order valence-electron chi connectivity index (χ3n) is 10.2. The number of anilines is 2. The smallest absolute Gasteiger partial charge is 0.0542 e. The summed E-state index contributed by atoms with van der Waals surface area (Å²) >= 11 is 0. The van der Waals surface area contributed by atoms with Crippen LogP contribution in [0.15, 0.2) is 140 Å². The number of nitrogens with zero attached hydrogens (tertiary/aromatic N) is 1. The third kappa shape index (κ3) is 4.01. The van der Waals surface area contributed by atoms with Gasteiger partial charge in [-0.05, 0) is 135 Å². The zero-order valence-corrected chi connectivity index (χ0v) is 26.4. The molecule has 0 amide bonds. The molecule has 0 heterocycles. The summed E-state index contributed by atoms with van der Waals surface area (Å²) in [6, 6.07) is 43.0. The number of rotatable bonds is 5. The Hall–Kier alpha value is -5.40. The van der Waals surface area contributed by atoms with Gasteiger partial charge in [0.2, 0.25) is 0 Å². The summed E-state index contributed by atoms with van der Waals surface area (Å²) in [6.45, 7) is 8.52. The topological polar surface area (TPSA) is 3.24 Å². The number of hydrogen-bond acceptors (Lipinski definition) is 1. The Morgan fingerprint density at radius 3 is 2.00 bits per heavy atom. The molecule has 1 heteroatoms. The highest BCUT2D eigenvalue weighted by molar-refractivity contribution is 6.03. The summed E-state index contributed by atoms with van der Waals surface area (Å²) in [6.07, 6.45) is 6.98. The number of benzene rings is 6. The van der Waals surface area contributed by atoms with E-state index in [4.69, 9.17) is 0 Å². The Morgan fingerprint density at radius 1 is 0.587 bits per heavy atom. The van der Waals surface area contributed by atoms with Crippen LogP contribution in [0.5, 0.6) is 0 Å². The Bertz CT molecular complexity index is 2270. The molecule has 9 rings (SSSR count). The Labute approximate surface area is 271 Å². The highest BCUT2D eigenvalue weighted by Crippen LogP contribution is 2.57. The van der Waals surface area contributed by atoms with Crippen LogP contribution in [0.1, 0.15) is 45.9 Å². The maximum absolute atomic E-state index is 4.10. The molecule has 0 spiro atoms. The number of allylic oxidation sites excluding steroid dienone is 3. The minimum atomic E-state index is 0.952. The summed E-state index contributed by atoms with van der Waals surface area (Å²) in [5, 5.41) is 0. The van der Waals surface area contributed by atoms with Crippen molar-refractivity contribution in [1.29, 1.82) is 0 Å². The first kappa shape index (κ1) is 27.0. The molecule has 0 unspecified atom stereocenters. The summed E-state index contributed by atoms with van der Waals surface area (Å²) in [5.74, 6) is 0. The third-order valence-corrected chi connectivity index (χ3v) is 10.2. The van der Waals surface area contributed by atoms with Gasteiger partial charge in [-0.25, -0.2) is 0 Å². The van der Waals surface area contributed by atoms with Crippen molar-refractivity contribution in [1.82, 2.24) is 0 Å². The second kappa shape index (κ2) is 10.3. The van der Waals surface area contributed by atoms with Crippen molar-refractivity contribution in [3.8, 4) is 44.5 Å². The molecule has 220 valence electrons. The van der Waals surface area contributed by atoms with E-state index < -0.39 is 0 Å². The molecule has 0 radical (unpaired) electrons. The fourth-order valence-electron chi connectivity index (χ4n) is 8.37. The van der Waals surface area contributed by atoms with Crippen molar-refractivity contribution < 1.29 is 0 Å². The average Bonchev–Trinajstić information content (AvgIpc) is 3.76. The second-order valence-electron chi connectivity index (χ2n) is 13.1. The van der Waals surface area contributed by atoms with Crippen LogP contribution in [0.4, 0.5) is 11.4 Å². The Kier molecular flexibility index (Phi) is 6.05. The summed E-state index contributed by atoms with van der Waals surface area (Å²) in [4.78, 5) is 2.48. The highest BCUT2D eigenvalue weighted by atomic mass is 15.1. The molecular formula is C45H35N. The van der Waals surface area contributed by atoms with E-state index in [0.717, 1.165) is 25.0 Å². The maximum Gasteiger partial charge on any atom is 0.0542 e. The molecule has 6 aromatic carbocycles. The van der Waals surface area contributed by atoms with E-state index in [2.05, 4.69) is 147 Å². The van der Waals surface area contributed by atoms with Crippen LogP contribution in [-0.2, 0) is 19.3 Å². The molecule has 3 aliphatic carbocycles. The predicted octanol–water partition coefficient (Wildman–Crippen LogP) is 11.6. The van der Waals surface area contributed by atoms with Gasteiger partial charge >= 0.3 is 0 Å². The molecule has 0 bridgehead atoms. The van der Waals surface area contributed by atoms with Gasteiger partial charge < -0.3 is 4.90 Å². The van der Waals surface area contributed by atoms with Crippen molar-refractivity contribution in [2.45, 2.75) is 33.1 Å². The molecule has 46 heavy (non-hydrogen) atoms. The molecule has 0 saturated carbocycles. The first-order chi connectivity index (χ1) is 22.6. The lowest BCUT2D eigenvalue weighted by atomic mass is 9.88. The Balaban J connectivity index is 1.32. The van der Waals surface area contributed by atoms with E-state index in [-0.39, 0.29) is 0 Å². The second-order valence-corrected chi connectivity index (χ2v) is 13.1. The lowest BCUT2D eigenvalue weighted by Gasteiger charge is -2.30. The SMILES string of the molecule is C=C/C=C(\C)N(c1cc(C)cc(-c2ccccc2)c1)c1cc2c(c3c1-c1ccccc1C3)-c1c(ccc3c1-c1ccccc1C3)C2. The van der Waals surface area contributed by atoms with Gasteiger partial charge in [0, 0.05) is 16.9 Å². The lowest BCUT2D eigenvalue weighted by molar-refractivity contribution is 1.14. The molecule has 0 fully saturated rings. The van der Waals surface area contributed by atoms with E-state index in [0.29, 0.717) is 0 Å². The number of hydrogen-bond donors (Lipinski definition) is 0. The molecule has 0 aromatic heterocycles. The van der Waals surface area contributed by atoms with Gasteiger partial charge in [-0.2, -0.15) is 0 Å². The molecule has 0 atom stereocenters. The highest BCUT2D eigenvalue weighted by Gasteiger charge is 2.36. The normalized spacial score (nSPS) is 13.4. The predicted molar refractivity (Wildman–Crippen MR) is 194 cm³/mol. The van der Waals surface area contributed by atoms with Crippen LogP contribution in [0.2, 0.25) is 0 Å². The standard InChI is InChI=1S/C45H35N/c1-4-12-29(3)46(37-22-28(2)21-35(25-37)30-13-6-5-7-14-30)41-27-36-24-34-20-19-33-23-31-15-8-10-17-38(31)42(33)44(34)43(36)40-26-32-16-9-11-18-39(32)45(40)41/h4-22,25,27H,1,23-24,26H2,2-3H3/b29-12+. The largest absolute Gasteiger partial charge is 0.314 e. The summed E-state index contributed by atoms with van der Waals surface area (Å²) in [7, 11) is 0. The summed E-state index contributed by atoms with van der Waals surface area (Å²) in [5.41, 5.74) is 24.5. The molecule has 0 saturated heterocycles. The van der Waals surface area contributed by atoms with Gasteiger partial charge in [-0.15, -0.1) is 0 Å². The van der Waals surface area contributed by atoms with Gasteiger partial charge in [0.05, 0.1) is 5.69 Å². The van der Waals surface area contributed by atoms with Gasteiger partial charge in [-0.1, -0.05) is 110 Å². The number of fused-ring (bicyclic) bond motifs is 11. The molecule has 1 nitrogen and oxygen atoms in total. The van der Waals surface area contributed by atoms with Crippen molar-refractivity contribution in [3.05, 3.63) is 179 Å². The van der Waals surface area contributed by atoms with Gasteiger partial charge in [0.1, 0.15) is 0 Å². The van der Waals surface area contributed by atoms with E-state index in [1.165, 1.54) is 94.8 Å². The molecular weight excluding hydrogens is 555 g/mol. The van der Waals surface area contributed by atoms with E-state index in [1.807, 2.05) is 6.08 Å².